The number of hydrogen-bond acceptors (Lipinski definition) is 6. The average Bonchev–Trinajstić information content (AvgIpc) is 2.73. The van der Waals surface area contributed by atoms with Gasteiger partial charge in [0.25, 0.3) is 0 Å². The molecule has 1 aliphatic carbocycles. The van der Waals surface area contributed by atoms with Crippen molar-refractivity contribution < 1.29 is 19.5 Å². The predicted octanol–water partition coefficient (Wildman–Crippen LogP) is 3.62. The number of anilines is 1. The fourth-order valence-electron chi connectivity index (χ4n) is 4.00. The van der Waals surface area contributed by atoms with Gasteiger partial charge in [-0.3, -0.25) is 14.6 Å². The lowest BCUT2D eigenvalue weighted by Gasteiger charge is -2.32. The molecule has 0 aliphatic heterocycles. The molecule has 32 heavy (non-hydrogen) atoms. The van der Waals surface area contributed by atoms with Gasteiger partial charge in [-0.25, -0.2) is 9.78 Å². The molecule has 10 heteroatoms. The number of fused-ring (bicyclic) bond motifs is 1. The molecule has 2 aromatic heterocycles. The van der Waals surface area contributed by atoms with Gasteiger partial charge in [0.1, 0.15) is 16.7 Å². The molecule has 1 unspecified atom stereocenters. The Kier molecular flexibility index (Phi) is 7.50. The van der Waals surface area contributed by atoms with Crippen LogP contribution in [0.1, 0.15) is 56.8 Å². The number of pyridine rings is 2. The number of rotatable bonds is 7. The van der Waals surface area contributed by atoms with E-state index in [1.165, 1.54) is 6.92 Å². The third-order valence-electron chi connectivity index (χ3n) is 5.71. The van der Waals surface area contributed by atoms with E-state index < -0.39 is 12.1 Å². The van der Waals surface area contributed by atoms with E-state index in [9.17, 15) is 14.4 Å². The summed E-state index contributed by atoms with van der Waals surface area (Å²) in [6.45, 7) is 5.08. The van der Waals surface area contributed by atoms with Gasteiger partial charge >= 0.3 is 6.09 Å². The van der Waals surface area contributed by atoms with Crippen molar-refractivity contribution >= 4 is 46.1 Å². The first kappa shape index (κ1) is 23.7. The van der Waals surface area contributed by atoms with Gasteiger partial charge in [-0.05, 0) is 50.7 Å². The van der Waals surface area contributed by atoms with Crippen LogP contribution >= 0.6 is 11.6 Å². The maximum absolute atomic E-state index is 12.5. The summed E-state index contributed by atoms with van der Waals surface area (Å²) in [5.41, 5.74) is 2.29. The number of nitrogens with zero attached hydrogens (tertiary/aromatic N) is 2. The van der Waals surface area contributed by atoms with Crippen LogP contribution in [-0.2, 0) is 4.79 Å². The standard InChI is InChI=1S/C22H28ClN5O4/c1-11(2)18(28-22(31)32)21(30)26-14-6-4-13(5-7-14)25-19-15(12(3)29)10-24-16-8-9-17(23)27-20(16)19/h8-11,13-14,18,28H,4-7H2,1-3H3,(H,24,25)(H,26,30)(H,31,32). The van der Waals surface area contributed by atoms with E-state index in [1.54, 1.807) is 32.2 Å². The van der Waals surface area contributed by atoms with Crippen molar-refractivity contribution in [2.75, 3.05) is 5.32 Å². The molecule has 1 fully saturated rings. The van der Waals surface area contributed by atoms with Gasteiger partial charge in [-0.15, -0.1) is 0 Å². The first-order valence-corrected chi connectivity index (χ1v) is 11.1. The second-order valence-electron chi connectivity index (χ2n) is 8.48. The molecule has 1 saturated carbocycles. The highest BCUT2D eigenvalue weighted by molar-refractivity contribution is 6.30. The van der Waals surface area contributed by atoms with Crippen LogP contribution in [0.15, 0.2) is 18.3 Å². The van der Waals surface area contributed by atoms with Gasteiger partial charge in [-0.1, -0.05) is 25.4 Å². The molecule has 0 spiro atoms. The number of carbonyl (C=O) groups excluding carboxylic acids is 2. The lowest BCUT2D eigenvalue weighted by molar-refractivity contribution is -0.125. The summed E-state index contributed by atoms with van der Waals surface area (Å²) in [4.78, 5) is 44.4. The number of amides is 2. The van der Waals surface area contributed by atoms with Gasteiger partial charge in [0.15, 0.2) is 5.78 Å². The van der Waals surface area contributed by atoms with Crippen LogP contribution in [0.2, 0.25) is 5.15 Å². The molecule has 4 N–H and O–H groups in total. The average molecular weight is 462 g/mol. The minimum atomic E-state index is -1.22. The van der Waals surface area contributed by atoms with Crippen LogP contribution in [0.25, 0.3) is 11.0 Å². The third-order valence-corrected chi connectivity index (χ3v) is 5.92. The number of hydrogen-bond donors (Lipinski definition) is 4. The predicted molar refractivity (Wildman–Crippen MR) is 122 cm³/mol. The Balaban J connectivity index is 1.68. The number of aromatic nitrogens is 2. The topological polar surface area (TPSA) is 133 Å². The third kappa shape index (κ3) is 5.64. The fraction of sp³-hybridized carbons (Fsp3) is 0.500. The molecule has 0 bridgehead atoms. The second-order valence-corrected chi connectivity index (χ2v) is 8.86. The molecule has 0 radical (unpaired) electrons. The van der Waals surface area contributed by atoms with E-state index in [0.29, 0.717) is 27.4 Å². The first-order valence-electron chi connectivity index (χ1n) is 10.7. The van der Waals surface area contributed by atoms with Crippen molar-refractivity contribution in [3.63, 3.8) is 0 Å². The van der Waals surface area contributed by atoms with Crippen LogP contribution in [0.3, 0.4) is 0 Å². The van der Waals surface area contributed by atoms with Crippen molar-refractivity contribution in [3.05, 3.63) is 29.0 Å². The maximum Gasteiger partial charge on any atom is 0.405 e. The number of Topliss-reactive ketones (excluding diaryl/α,β-unsaturated/α-hetero) is 1. The van der Waals surface area contributed by atoms with E-state index in [2.05, 4.69) is 25.9 Å². The molecule has 3 rings (SSSR count). The van der Waals surface area contributed by atoms with Gasteiger partial charge in [0, 0.05) is 18.3 Å². The molecular formula is C22H28ClN5O4. The summed E-state index contributed by atoms with van der Waals surface area (Å²) in [6, 6.07) is 2.69. The molecule has 1 atom stereocenters. The molecular weight excluding hydrogens is 434 g/mol. The maximum atomic E-state index is 12.5. The van der Waals surface area contributed by atoms with E-state index in [4.69, 9.17) is 16.7 Å². The Morgan fingerprint density at radius 3 is 2.38 bits per heavy atom. The van der Waals surface area contributed by atoms with Crippen LogP contribution < -0.4 is 16.0 Å². The Bertz CT molecular complexity index is 1020. The van der Waals surface area contributed by atoms with Crippen molar-refractivity contribution in [2.45, 2.75) is 64.6 Å². The number of halogens is 1. The summed E-state index contributed by atoms with van der Waals surface area (Å²) in [5, 5.41) is 18.0. The summed E-state index contributed by atoms with van der Waals surface area (Å²) in [5.74, 6) is -0.583. The number of nitrogens with one attached hydrogen (secondary N) is 3. The van der Waals surface area contributed by atoms with Gasteiger partial charge in [0.05, 0.1) is 16.8 Å². The number of carbonyl (C=O) groups is 3. The number of ketones is 1. The largest absolute Gasteiger partial charge is 0.465 e. The van der Waals surface area contributed by atoms with Crippen LogP contribution in [0.4, 0.5) is 10.5 Å². The van der Waals surface area contributed by atoms with E-state index >= 15 is 0 Å². The lowest BCUT2D eigenvalue weighted by Crippen LogP contribution is -2.52. The lowest BCUT2D eigenvalue weighted by atomic mass is 9.90. The normalized spacial score (nSPS) is 19.4. The molecule has 2 amide bonds. The monoisotopic (exact) mass is 461 g/mol. The van der Waals surface area contributed by atoms with Crippen molar-refractivity contribution in [2.24, 2.45) is 5.92 Å². The van der Waals surface area contributed by atoms with E-state index in [0.717, 1.165) is 25.7 Å². The second kappa shape index (κ2) is 10.1. The van der Waals surface area contributed by atoms with Crippen LogP contribution in [0.5, 0.6) is 0 Å². The van der Waals surface area contributed by atoms with Gasteiger partial charge in [-0.2, -0.15) is 0 Å². The SMILES string of the molecule is CC(=O)c1cnc2ccc(Cl)nc2c1NC1CCC(NC(=O)C(NC(=O)O)C(C)C)CC1. The number of carboxylic acid groups (broad SMARTS) is 1. The highest BCUT2D eigenvalue weighted by Crippen LogP contribution is 2.30. The van der Waals surface area contributed by atoms with Crippen molar-refractivity contribution in [1.82, 2.24) is 20.6 Å². The smallest absolute Gasteiger partial charge is 0.405 e. The minimum Gasteiger partial charge on any atom is -0.465 e. The molecule has 9 nitrogen and oxygen atoms in total. The summed E-state index contributed by atoms with van der Waals surface area (Å²) in [6.07, 6.45) is 3.33. The first-order chi connectivity index (χ1) is 15.2. The summed E-state index contributed by atoms with van der Waals surface area (Å²) in [7, 11) is 0. The fourth-order valence-corrected chi connectivity index (χ4v) is 4.15. The zero-order valence-electron chi connectivity index (χ0n) is 18.3. The van der Waals surface area contributed by atoms with Crippen molar-refractivity contribution in [3.8, 4) is 0 Å². The Morgan fingerprint density at radius 1 is 1.12 bits per heavy atom. The Hall–Kier alpha value is -2.94. The molecule has 1 aliphatic rings. The Morgan fingerprint density at radius 2 is 1.78 bits per heavy atom. The summed E-state index contributed by atoms with van der Waals surface area (Å²) < 4.78 is 0. The molecule has 172 valence electrons. The van der Waals surface area contributed by atoms with Crippen molar-refractivity contribution in [1.29, 1.82) is 0 Å². The van der Waals surface area contributed by atoms with Gasteiger partial charge in [0.2, 0.25) is 5.91 Å². The molecule has 2 heterocycles. The van der Waals surface area contributed by atoms with Crippen LogP contribution in [-0.4, -0.2) is 51.0 Å². The zero-order chi connectivity index (χ0) is 23.4. The Labute approximate surface area is 191 Å². The quantitative estimate of drug-likeness (QED) is 0.365. The molecule has 2 aromatic rings. The highest BCUT2D eigenvalue weighted by Gasteiger charge is 2.29. The van der Waals surface area contributed by atoms with E-state index in [-0.39, 0.29) is 29.7 Å². The summed E-state index contributed by atoms with van der Waals surface area (Å²) >= 11 is 6.08. The highest BCUT2D eigenvalue weighted by atomic mass is 35.5. The molecule has 0 saturated heterocycles. The molecule has 0 aromatic carbocycles. The van der Waals surface area contributed by atoms with Gasteiger partial charge < -0.3 is 21.1 Å². The zero-order valence-corrected chi connectivity index (χ0v) is 19.1. The van der Waals surface area contributed by atoms with E-state index in [1.807, 2.05) is 0 Å². The minimum absolute atomic E-state index is 0.0357. The van der Waals surface area contributed by atoms with Crippen LogP contribution in [0, 0.1) is 5.92 Å².